The molecule has 5 rings (SSSR count). The molecular formula is C62H116BF3N4O22. The molecule has 26 nitrogen and oxygen atoms in total. The van der Waals surface area contributed by atoms with Gasteiger partial charge >= 0.3 is 49.4 Å². The molecule has 4 atom stereocenters. The summed E-state index contributed by atoms with van der Waals surface area (Å²) >= 11 is 0. The fraction of sp³-hybridized carbons (Fsp3) is 0.774. The number of amides is 3. The number of ether oxygens (including phenoxy) is 8. The Labute approximate surface area is 545 Å². The van der Waals surface area contributed by atoms with Gasteiger partial charge in [0.05, 0.1) is 85.9 Å². The molecule has 0 bridgehead atoms. The van der Waals surface area contributed by atoms with E-state index in [9.17, 15) is 51.8 Å². The maximum absolute atomic E-state index is 12.7. The number of halogens is 3. The van der Waals surface area contributed by atoms with Crippen LogP contribution in [0.5, 0.6) is 0 Å². The van der Waals surface area contributed by atoms with Gasteiger partial charge in [0.15, 0.2) is 0 Å². The molecule has 3 saturated heterocycles. The summed E-state index contributed by atoms with van der Waals surface area (Å²) in [5, 5.41) is 52.7. The number of esters is 3. The second-order valence-electron chi connectivity index (χ2n) is 24.2. The van der Waals surface area contributed by atoms with Gasteiger partial charge in [0.25, 0.3) is 5.91 Å². The van der Waals surface area contributed by atoms with Crippen molar-refractivity contribution < 1.29 is 120 Å². The fourth-order valence-corrected chi connectivity index (χ4v) is 6.81. The predicted molar refractivity (Wildman–Crippen MR) is 342 cm³/mol. The number of carbonyl (C=O) groups is 8. The van der Waals surface area contributed by atoms with Gasteiger partial charge in [-0.05, 0) is 94.8 Å². The van der Waals surface area contributed by atoms with Crippen molar-refractivity contribution in [1.82, 2.24) is 16.0 Å². The number of aldehydes is 1. The number of nitrogens with one attached hydrogen (secondary N) is 3. The lowest BCUT2D eigenvalue weighted by molar-refractivity contribution is -0.156. The Morgan fingerprint density at radius 2 is 1.01 bits per heavy atom. The van der Waals surface area contributed by atoms with Crippen molar-refractivity contribution in [3.8, 4) is 0 Å². The van der Waals surface area contributed by atoms with Gasteiger partial charge in [0.1, 0.15) is 35.4 Å². The minimum Gasteiger partial charge on any atom is -0.480 e. The number of aliphatic carboxylic acids is 1. The molecular weight excluding hydrogens is 1220 g/mol. The number of hydrogen-bond acceptors (Lipinski definition) is 22. The van der Waals surface area contributed by atoms with E-state index in [-0.39, 0.29) is 99.1 Å². The molecule has 3 amide bonds. The lowest BCUT2D eigenvalue weighted by atomic mass is 9.75. The topological polar surface area (TPSA) is 383 Å². The van der Waals surface area contributed by atoms with Gasteiger partial charge in [0.2, 0.25) is 6.29 Å². The molecule has 1 aromatic rings. The van der Waals surface area contributed by atoms with Gasteiger partial charge in [0, 0.05) is 29.2 Å². The van der Waals surface area contributed by atoms with Gasteiger partial charge in [-0.15, -0.1) is 0 Å². The van der Waals surface area contributed by atoms with E-state index in [2.05, 4.69) is 16.0 Å². The molecule has 4 aliphatic rings. The van der Waals surface area contributed by atoms with E-state index < -0.39 is 96.9 Å². The van der Waals surface area contributed by atoms with E-state index in [1.54, 1.807) is 88.3 Å². The fourth-order valence-electron chi connectivity index (χ4n) is 6.81. The van der Waals surface area contributed by atoms with Crippen LogP contribution in [0.25, 0.3) is 0 Å². The molecule has 0 spiro atoms. The number of rotatable bonds is 21. The maximum atomic E-state index is 12.7. The number of fused-ring (bicyclic) bond motifs is 1. The third-order valence-corrected chi connectivity index (χ3v) is 12.3. The van der Waals surface area contributed by atoms with Crippen LogP contribution in [0.2, 0.25) is 0 Å². The minimum atomic E-state index is -4.64. The summed E-state index contributed by atoms with van der Waals surface area (Å²) in [4.78, 5) is 90.8. The van der Waals surface area contributed by atoms with Crippen LogP contribution < -0.4 is 27.1 Å². The Morgan fingerprint density at radius 1 is 0.630 bits per heavy atom. The molecule has 0 radical (unpaired) electrons. The van der Waals surface area contributed by atoms with Gasteiger partial charge < -0.3 is 89.7 Å². The van der Waals surface area contributed by atoms with Crippen molar-refractivity contribution in [2.45, 2.75) is 189 Å². The summed E-state index contributed by atoms with van der Waals surface area (Å²) in [7, 11) is -1.06. The van der Waals surface area contributed by atoms with E-state index in [0.717, 1.165) is 18.8 Å². The summed E-state index contributed by atoms with van der Waals surface area (Å²) in [5.74, 6) is -2.70. The molecule has 4 heterocycles. The molecule has 4 aliphatic heterocycles. The summed E-state index contributed by atoms with van der Waals surface area (Å²) in [5.41, 5.74) is 6.74. The SMILES string of the molecule is C.C.C.C.C.CC(C)[C@H](N)C(=O)OCC1COC1.CC(C)[C@H](NC(=O)OC(C)(C)C)C(=O)O.CC(C)[C@H](NC(=O)OC(C)(C)C)C(=O)OCC1COC1.Cc1c(C(=O)N[C@H](C(=O)OCC(CO)CO)C(C)C)ccc2c1B(O)OC2.O=CC(F)(F)F.OCC1COC1. The quantitative estimate of drug-likeness (QED) is 0.0287. The molecule has 0 aliphatic carbocycles. The van der Waals surface area contributed by atoms with Crippen molar-refractivity contribution in [3.05, 3.63) is 28.8 Å². The zero-order chi connectivity index (χ0) is 67.2. The maximum Gasteiger partial charge on any atom is 0.492 e. The van der Waals surface area contributed by atoms with Crippen LogP contribution in [0.3, 0.4) is 0 Å². The van der Waals surface area contributed by atoms with Crippen LogP contribution in [0.4, 0.5) is 22.8 Å². The number of carboxylic acid groups (broad SMARTS) is 1. The van der Waals surface area contributed by atoms with Crippen LogP contribution in [-0.4, -0.2) is 202 Å². The van der Waals surface area contributed by atoms with E-state index in [4.69, 9.17) is 73.5 Å². The van der Waals surface area contributed by atoms with E-state index in [1.165, 1.54) is 0 Å². The summed E-state index contributed by atoms with van der Waals surface area (Å²) in [6.07, 6.45) is -7.02. The largest absolute Gasteiger partial charge is 0.492 e. The number of alkyl halides is 3. The van der Waals surface area contributed by atoms with Crippen molar-refractivity contribution in [2.75, 3.05) is 79.3 Å². The molecule has 1 aromatic carbocycles. The normalized spacial score (nSPS) is 15.2. The van der Waals surface area contributed by atoms with Crippen LogP contribution in [0.1, 0.15) is 156 Å². The smallest absolute Gasteiger partial charge is 0.480 e. The number of hydrogen-bond donors (Lipinski definition) is 9. The van der Waals surface area contributed by atoms with Gasteiger partial charge in [-0.3, -0.25) is 14.4 Å². The first-order valence-electron chi connectivity index (χ1n) is 28.5. The number of nitrogens with two attached hydrogens (primary N) is 1. The lowest BCUT2D eigenvalue weighted by Gasteiger charge is -2.28. The van der Waals surface area contributed by atoms with Crippen LogP contribution in [0.15, 0.2) is 12.1 Å². The molecule has 10 N–H and O–H groups in total. The van der Waals surface area contributed by atoms with E-state index in [1.807, 2.05) is 27.7 Å². The highest BCUT2D eigenvalue weighted by Gasteiger charge is 2.34. The Kier molecular flexibility index (Phi) is 50.8. The summed E-state index contributed by atoms with van der Waals surface area (Å²) in [6, 6.07) is 0.362. The van der Waals surface area contributed by atoms with Gasteiger partial charge in [-0.1, -0.05) is 98.6 Å². The number of carboxylic acids is 1. The average molecular weight is 1340 g/mol. The first-order valence-corrected chi connectivity index (χ1v) is 28.5. The second kappa shape index (κ2) is 48.0. The molecule has 0 aromatic heterocycles. The lowest BCUT2D eigenvalue weighted by Crippen LogP contribution is -2.47. The standard InChI is InChI=1S/C18H26BNO7.C14H25NO5.C10H19NO4.C9H17NO3.C4H8O2.C2HF3O.5CH4/c1-10(2)16(18(24)26-8-12(6-21)7-22)20-17(23)14-5-4-13-9-27-19(25)15(13)11(14)3;1-9(2)11(15-13(17)20-14(3,4)5)12(16)19-8-10-6-18-7-10;1-6(2)7(8(12)13)11-9(14)15-10(3,4)5;1-6(2)8(10)9(11)13-5-7-3-12-4-7;5-1-4-2-6-3-4;3-2(4,5)1-6;;;;;/h4-5,10,12,16,21-22,25H,6-9H2,1-3H3,(H,20,23);9-11H,6-8H2,1-5H3,(H,15,17);6-7H,1-5H3,(H,11,14)(H,12,13);6-8H,3-5,10H2,1-2H3;4-5H,1-3H2;1H;5*1H4/t16-;11-;7-;8-;;;;;;;/m0000......./s1. The van der Waals surface area contributed by atoms with Crippen molar-refractivity contribution in [3.63, 3.8) is 0 Å². The Morgan fingerprint density at radius 3 is 1.33 bits per heavy atom. The zero-order valence-corrected chi connectivity index (χ0v) is 52.8. The Balaban J connectivity index is -0.000000254. The van der Waals surface area contributed by atoms with E-state index >= 15 is 0 Å². The van der Waals surface area contributed by atoms with Crippen molar-refractivity contribution >= 4 is 60.8 Å². The third-order valence-electron chi connectivity index (χ3n) is 12.3. The molecule has 3 fully saturated rings. The number of aliphatic hydroxyl groups is 3. The highest BCUT2D eigenvalue weighted by molar-refractivity contribution is 6.62. The van der Waals surface area contributed by atoms with Gasteiger partial charge in [-0.2, -0.15) is 13.2 Å². The summed E-state index contributed by atoms with van der Waals surface area (Å²) in [6.45, 7) is 31.4. The third kappa shape index (κ3) is 40.4. The van der Waals surface area contributed by atoms with Crippen LogP contribution in [-0.2, 0) is 73.1 Å². The molecule has 540 valence electrons. The Bertz CT molecular complexity index is 2270. The van der Waals surface area contributed by atoms with Gasteiger partial charge in [-0.25, -0.2) is 24.0 Å². The number of alkyl carbamates (subject to hydrolysis) is 2. The van der Waals surface area contributed by atoms with E-state index in [0.29, 0.717) is 74.7 Å². The number of aliphatic hydroxyl groups excluding tert-OH is 3. The number of benzene rings is 1. The first kappa shape index (κ1) is 97.4. The minimum absolute atomic E-state index is 0. The molecule has 0 saturated carbocycles. The average Bonchev–Trinajstić information content (AvgIpc) is 1.58. The summed E-state index contributed by atoms with van der Waals surface area (Å²) < 4.78 is 76.6. The second-order valence-corrected chi connectivity index (χ2v) is 24.2. The predicted octanol–water partition coefficient (Wildman–Crippen LogP) is 6.17. The molecule has 92 heavy (non-hydrogen) atoms. The highest BCUT2D eigenvalue weighted by atomic mass is 19.4. The number of carbonyl (C=O) groups excluding carboxylic acids is 7. The highest BCUT2D eigenvalue weighted by Crippen LogP contribution is 2.19. The van der Waals surface area contributed by atoms with Crippen LogP contribution >= 0.6 is 0 Å². The van der Waals surface area contributed by atoms with Crippen molar-refractivity contribution in [2.24, 2.45) is 53.1 Å². The zero-order valence-electron chi connectivity index (χ0n) is 52.8. The first-order chi connectivity index (χ1) is 40.2. The van der Waals surface area contributed by atoms with Crippen molar-refractivity contribution in [1.29, 1.82) is 0 Å². The Hall–Kier alpha value is -5.73. The van der Waals surface area contributed by atoms with Crippen LogP contribution in [0, 0.1) is 54.3 Å². The molecule has 0 unspecified atom stereocenters. The monoisotopic (exact) mass is 1340 g/mol. The molecule has 30 heteroatoms.